The number of nitrogens with zero attached hydrogens (tertiary/aromatic N) is 1. The molecule has 0 aliphatic carbocycles. The van der Waals surface area contributed by atoms with Crippen molar-refractivity contribution in [3.8, 4) is 11.3 Å². The maximum Gasteiger partial charge on any atom is 0.339 e. The van der Waals surface area contributed by atoms with Crippen molar-refractivity contribution in [2.24, 2.45) is 0 Å². The molecule has 0 radical (unpaired) electrons. The van der Waals surface area contributed by atoms with Crippen molar-refractivity contribution >= 4 is 22.7 Å². The van der Waals surface area contributed by atoms with Gasteiger partial charge in [-0.2, -0.15) is 0 Å². The summed E-state index contributed by atoms with van der Waals surface area (Å²) in [7, 11) is 0. The summed E-state index contributed by atoms with van der Waals surface area (Å²) in [4.78, 5) is 30.6. The van der Waals surface area contributed by atoms with Crippen molar-refractivity contribution in [3.05, 3.63) is 102 Å². The van der Waals surface area contributed by atoms with Crippen molar-refractivity contribution in [3.63, 3.8) is 0 Å². The molecule has 4 nitrogen and oxygen atoms in total. The van der Waals surface area contributed by atoms with Gasteiger partial charge in [0.15, 0.2) is 6.10 Å². The predicted molar refractivity (Wildman–Crippen MR) is 118 cm³/mol. The number of aromatic nitrogens is 1. The van der Waals surface area contributed by atoms with E-state index in [0.717, 1.165) is 16.8 Å². The third-order valence-corrected chi connectivity index (χ3v) is 5.10. The zero-order valence-corrected chi connectivity index (χ0v) is 16.8. The van der Waals surface area contributed by atoms with E-state index >= 15 is 0 Å². The van der Waals surface area contributed by atoms with Crippen LogP contribution in [0.4, 0.5) is 0 Å². The number of carbonyl (C=O) groups excluding carboxylic acids is 2. The second-order valence-corrected chi connectivity index (χ2v) is 7.12. The van der Waals surface area contributed by atoms with E-state index in [0.29, 0.717) is 22.0 Å². The molecule has 3 aromatic carbocycles. The average Bonchev–Trinajstić information content (AvgIpc) is 2.79. The summed E-state index contributed by atoms with van der Waals surface area (Å²) in [5, 5.41) is 0.707. The largest absolute Gasteiger partial charge is 0.451 e. The Kier molecular flexibility index (Phi) is 5.40. The first-order chi connectivity index (χ1) is 14.6. The van der Waals surface area contributed by atoms with Crippen LogP contribution in [-0.2, 0) is 4.74 Å². The van der Waals surface area contributed by atoms with Crippen molar-refractivity contribution in [2.45, 2.75) is 20.0 Å². The average molecular weight is 395 g/mol. The Balaban J connectivity index is 1.75. The first kappa shape index (κ1) is 19.5. The summed E-state index contributed by atoms with van der Waals surface area (Å²) in [6.07, 6.45) is -0.897. The number of pyridine rings is 1. The number of para-hydroxylation sites is 1. The molecule has 0 N–H and O–H groups in total. The molecule has 0 saturated carbocycles. The van der Waals surface area contributed by atoms with Gasteiger partial charge >= 0.3 is 5.97 Å². The fourth-order valence-corrected chi connectivity index (χ4v) is 3.56. The van der Waals surface area contributed by atoms with Crippen LogP contribution in [0, 0.1) is 6.92 Å². The van der Waals surface area contributed by atoms with Crippen LogP contribution in [0.25, 0.3) is 22.2 Å². The number of ketones is 1. The maximum atomic E-state index is 13.2. The minimum Gasteiger partial charge on any atom is -0.451 e. The van der Waals surface area contributed by atoms with Gasteiger partial charge in [0.2, 0.25) is 5.78 Å². The van der Waals surface area contributed by atoms with Gasteiger partial charge in [0.25, 0.3) is 0 Å². The Hall–Kier alpha value is -3.79. The summed E-state index contributed by atoms with van der Waals surface area (Å²) in [5.41, 5.74) is 4.03. The fraction of sp³-hybridized carbons (Fsp3) is 0.115. The first-order valence-electron chi connectivity index (χ1n) is 9.81. The normalized spacial score (nSPS) is 11.8. The Morgan fingerprint density at radius 1 is 0.833 bits per heavy atom. The smallest absolute Gasteiger partial charge is 0.339 e. The molecule has 1 unspecified atom stereocenters. The highest BCUT2D eigenvalue weighted by atomic mass is 16.5. The van der Waals surface area contributed by atoms with E-state index in [1.807, 2.05) is 67.6 Å². The van der Waals surface area contributed by atoms with Crippen LogP contribution in [-0.4, -0.2) is 22.8 Å². The van der Waals surface area contributed by atoms with Crippen LogP contribution in [0.1, 0.15) is 33.2 Å². The molecule has 0 fully saturated rings. The molecule has 0 spiro atoms. The SMILES string of the molecule is Cc1c(-c2ccccc2)nc2ccccc2c1C(=O)OC(C)C(=O)c1ccccc1. The molecule has 0 bridgehead atoms. The van der Waals surface area contributed by atoms with Gasteiger partial charge in [-0.05, 0) is 25.5 Å². The predicted octanol–water partition coefficient (Wildman–Crippen LogP) is 5.64. The first-order valence-corrected chi connectivity index (χ1v) is 9.81. The summed E-state index contributed by atoms with van der Waals surface area (Å²) < 4.78 is 5.62. The zero-order valence-electron chi connectivity index (χ0n) is 16.8. The number of Topliss-reactive ketones (excluding diaryl/α,β-unsaturated/α-hetero) is 1. The van der Waals surface area contributed by atoms with Gasteiger partial charge in [-0.1, -0.05) is 78.9 Å². The van der Waals surface area contributed by atoms with E-state index in [4.69, 9.17) is 9.72 Å². The molecule has 4 rings (SSSR count). The standard InChI is InChI=1S/C26H21NO3/c1-17-23(26(29)30-18(2)25(28)20-13-7-4-8-14-20)21-15-9-10-16-22(21)27-24(17)19-11-5-3-6-12-19/h3-16,18H,1-2H3. The van der Waals surface area contributed by atoms with E-state index in [9.17, 15) is 9.59 Å². The number of esters is 1. The van der Waals surface area contributed by atoms with Gasteiger partial charge < -0.3 is 4.74 Å². The van der Waals surface area contributed by atoms with Crippen molar-refractivity contribution in [1.29, 1.82) is 0 Å². The van der Waals surface area contributed by atoms with Gasteiger partial charge in [0, 0.05) is 16.5 Å². The summed E-state index contributed by atoms with van der Waals surface area (Å²) in [5.74, 6) is -0.761. The van der Waals surface area contributed by atoms with Gasteiger partial charge in [-0.25, -0.2) is 9.78 Å². The highest BCUT2D eigenvalue weighted by molar-refractivity contribution is 6.08. The molecule has 1 aromatic heterocycles. The Labute approximate surface area is 175 Å². The van der Waals surface area contributed by atoms with Crippen LogP contribution in [0.5, 0.6) is 0 Å². The maximum absolute atomic E-state index is 13.2. The second-order valence-electron chi connectivity index (χ2n) is 7.12. The van der Waals surface area contributed by atoms with E-state index in [1.54, 1.807) is 31.2 Å². The summed E-state index contributed by atoms with van der Waals surface area (Å²) in [6.45, 7) is 3.46. The number of hydrogen-bond donors (Lipinski definition) is 0. The number of carbonyl (C=O) groups is 2. The van der Waals surface area contributed by atoms with Crippen LogP contribution < -0.4 is 0 Å². The highest BCUT2D eigenvalue weighted by Gasteiger charge is 2.24. The van der Waals surface area contributed by atoms with E-state index in [2.05, 4.69) is 0 Å². The number of rotatable bonds is 5. The third kappa shape index (κ3) is 3.72. The molecule has 0 aliphatic rings. The lowest BCUT2D eigenvalue weighted by atomic mass is 9.97. The molecule has 0 saturated heterocycles. The molecule has 148 valence electrons. The monoisotopic (exact) mass is 395 g/mol. The molecule has 0 aliphatic heterocycles. The third-order valence-electron chi connectivity index (χ3n) is 5.10. The molecule has 4 aromatic rings. The lowest BCUT2D eigenvalue weighted by molar-refractivity contribution is 0.0320. The quantitative estimate of drug-likeness (QED) is 0.324. The molecule has 1 atom stereocenters. The van der Waals surface area contributed by atoms with Crippen molar-refractivity contribution in [2.75, 3.05) is 0 Å². The molecule has 1 heterocycles. The summed E-state index contributed by atoms with van der Waals surface area (Å²) in [6, 6.07) is 26.0. The molecular weight excluding hydrogens is 374 g/mol. The minimum atomic E-state index is -0.897. The van der Waals surface area contributed by atoms with E-state index in [1.165, 1.54) is 0 Å². The number of benzene rings is 3. The van der Waals surface area contributed by atoms with Crippen LogP contribution in [0.3, 0.4) is 0 Å². The van der Waals surface area contributed by atoms with Gasteiger partial charge in [0.1, 0.15) is 0 Å². The Morgan fingerprint density at radius 3 is 2.13 bits per heavy atom. The number of hydrogen-bond acceptors (Lipinski definition) is 4. The zero-order chi connectivity index (χ0) is 21.1. The molecule has 4 heteroatoms. The highest BCUT2D eigenvalue weighted by Crippen LogP contribution is 2.30. The van der Waals surface area contributed by atoms with Gasteiger partial charge in [-0.3, -0.25) is 4.79 Å². The van der Waals surface area contributed by atoms with E-state index < -0.39 is 12.1 Å². The number of fused-ring (bicyclic) bond motifs is 1. The molecule has 0 amide bonds. The topological polar surface area (TPSA) is 56.3 Å². The van der Waals surface area contributed by atoms with Gasteiger partial charge in [0.05, 0.1) is 16.8 Å². The fourth-order valence-electron chi connectivity index (χ4n) is 3.56. The lowest BCUT2D eigenvalue weighted by Crippen LogP contribution is -2.25. The second kappa shape index (κ2) is 8.29. The number of ether oxygens (including phenoxy) is 1. The Bertz CT molecular complexity index is 1220. The minimum absolute atomic E-state index is 0.233. The Morgan fingerprint density at radius 2 is 1.43 bits per heavy atom. The van der Waals surface area contributed by atoms with E-state index in [-0.39, 0.29) is 5.78 Å². The van der Waals surface area contributed by atoms with Crippen molar-refractivity contribution in [1.82, 2.24) is 4.98 Å². The van der Waals surface area contributed by atoms with Gasteiger partial charge in [-0.15, -0.1) is 0 Å². The van der Waals surface area contributed by atoms with Crippen molar-refractivity contribution < 1.29 is 14.3 Å². The molecular formula is C26H21NO3. The summed E-state index contributed by atoms with van der Waals surface area (Å²) >= 11 is 0. The van der Waals surface area contributed by atoms with Crippen LogP contribution in [0.2, 0.25) is 0 Å². The van der Waals surface area contributed by atoms with Crippen LogP contribution >= 0.6 is 0 Å². The van der Waals surface area contributed by atoms with Crippen LogP contribution in [0.15, 0.2) is 84.9 Å². The lowest BCUT2D eigenvalue weighted by Gasteiger charge is -2.17. The molecule has 30 heavy (non-hydrogen) atoms.